The summed E-state index contributed by atoms with van der Waals surface area (Å²) in [6.07, 6.45) is 1.96. The van der Waals surface area contributed by atoms with Crippen LogP contribution in [0.1, 0.15) is 11.3 Å². The fourth-order valence-corrected chi connectivity index (χ4v) is 3.33. The van der Waals surface area contributed by atoms with E-state index in [0.717, 1.165) is 11.3 Å². The van der Waals surface area contributed by atoms with E-state index in [2.05, 4.69) is 5.32 Å². The number of methoxy groups -OCH3 is 1. The highest BCUT2D eigenvalue weighted by atomic mass is 16.5. The summed E-state index contributed by atoms with van der Waals surface area (Å²) in [5, 5.41) is 2.86. The number of amides is 3. The Kier molecular flexibility index (Phi) is 8.45. The lowest BCUT2D eigenvalue weighted by Gasteiger charge is -2.28. The van der Waals surface area contributed by atoms with Crippen LogP contribution in [-0.2, 0) is 29.7 Å². The van der Waals surface area contributed by atoms with Crippen molar-refractivity contribution < 1.29 is 14.3 Å². The maximum Gasteiger partial charge on any atom is 0.322 e. The highest BCUT2D eigenvalue weighted by molar-refractivity contribution is 5.92. The first-order valence-electron chi connectivity index (χ1n) is 10.6. The highest BCUT2D eigenvalue weighted by Gasteiger charge is 2.22. The summed E-state index contributed by atoms with van der Waals surface area (Å²) in [6, 6.07) is 22.7. The largest absolute Gasteiger partial charge is 0.383 e. The number of carbonyl (C=O) groups excluding carboxylic acids is 2. The Morgan fingerprint density at radius 1 is 0.906 bits per heavy atom. The summed E-state index contributed by atoms with van der Waals surface area (Å²) in [5.41, 5.74) is 2.73. The first kappa shape index (κ1) is 23.1. The van der Waals surface area contributed by atoms with E-state index in [4.69, 9.17) is 4.74 Å². The normalized spacial score (nSPS) is 10.6. The minimum Gasteiger partial charge on any atom is -0.383 e. The molecule has 3 aromatic rings. The molecule has 1 heterocycles. The average molecular weight is 435 g/mol. The Labute approximate surface area is 189 Å². The van der Waals surface area contributed by atoms with Crippen molar-refractivity contribution in [3.05, 3.63) is 90.3 Å². The molecule has 0 aliphatic carbocycles. The van der Waals surface area contributed by atoms with Gasteiger partial charge in [-0.1, -0.05) is 48.5 Å². The van der Waals surface area contributed by atoms with Crippen LogP contribution in [0.3, 0.4) is 0 Å². The van der Waals surface area contributed by atoms with Gasteiger partial charge in [0.2, 0.25) is 5.91 Å². The third-order valence-corrected chi connectivity index (χ3v) is 5.18. The van der Waals surface area contributed by atoms with Gasteiger partial charge in [-0.3, -0.25) is 4.79 Å². The molecule has 7 nitrogen and oxygen atoms in total. The molecule has 0 radical (unpaired) electrons. The number of aromatic nitrogens is 1. The quantitative estimate of drug-likeness (QED) is 0.529. The molecule has 2 aromatic carbocycles. The van der Waals surface area contributed by atoms with E-state index in [1.54, 1.807) is 12.0 Å². The zero-order valence-corrected chi connectivity index (χ0v) is 18.6. The van der Waals surface area contributed by atoms with E-state index in [9.17, 15) is 9.59 Å². The van der Waals surface area contributed by atoms with Crippen LogP contribution in [-0.4, -0.2) is 53.1 Å². The van der Waals surface area contributed by atoms with Crippen molar-refractivity contribution in [2.24, 2.45) is 7.05 Å². The number of urea groups is 1. The number of carbonyl (C=O) groups is 2. The molecular formula is C25H30N4O3. The van der Waals surface area contributed by atoms with Gasteiger partial charge < -0.3 is 24.4 Å². The summed E-state index contributed by atoms with van der Waals surface area (Å²) in [6.45, 7) is 1.52. The molecule has 0 saturated heterocycles. The predicted molar refractivity (Wildman–Crippen MR) is 125 cm³/mol. The van der Waals surface area contributed by atoms with E-state index >= 15 is 0 Å². The molecule has 3 rings (SSSR count). The second-order valence-corrected chi connectivity index (χ2v) is 7.56. The fraction of sp³-hybridized carbons (Fsp3) is 0.280. The lowest BCUT2D eigenvalue weighted by molar-refractivity contribution is -0.133. The fourth-order valence-electron chi connectivity index (χ4n) is 3.33. The van der Waals surface area contributed by atoms with Crippen molar-refractivity contribution in [1.29, 1.82) is 0 Å². The zero-order chi connectivity index (χ0) is 22.8. The molecule has 1 N–H and O–H groups in total. The minimum absolute atomic E-state index is 0.0424. The van der Waals surface area contributed by atoms with Gasteiger partial charge in [0, 0.05) is 44.8 Å². The van der Waals surface area contributed by atoms with Crippen LogP contribution in [0.4, 0.5) is 10.5 Å². The standard InChI is InChI=1S/C25H30N4O3/c1-27-15-9-14-23(27)19-29(18-21-10-5-3-6-11-21)24(30)20-28(16-17-32-2)25(31)26-22-12-7-4-8-13-22/h3-15H,16-20H2,1-2H3,(H,26,31). The van der Waals surface area contributed by atoms with E-state index in [-0.39, 0.29) is 18.5 Å². The number of aryl methyl sites for hydroxylation is 1. The predicted octanol–water partition coefficient (Wildman–Crippen LogP) is 3.73. The van der Waals surface area contributed by atoms with Gasteiger partial charge in [0.05, 0.1) is 13.2 Å². The highest BCUT2D eigenvalue weighted by Crippen LogP contribution is 2.12. The molecule has 0 unspecified atom stereocenters. The van der Waals surface area contributed by atoms with Crippen LogP contribution in [0, 0.1) is 0 Å². The molecule has 7 heteroatoms. The maximum absolute atomic E-state index is 13.4. The molecule has 3 amide bonds. The van der Waals surface area contributed by atoms with Crippen LogP contribution in [0.15, 0.2) is 79.0 Å². The van der Waals surface area contributed by atoms with Crippen LogP contribution in [0.25, 0.3) is 0 Å². The summed E-state index contributed by atoms with van der Waals surface area (Å²) in [7, 11) is 3.53. The summed E-state index contributed by atoms with van der Waals surface area (Å²) in [4.78, 5) is 29.5. The minimum atomic E-state index is -0.333. The van der Waals surface area contributed by atoms with E-state index < -0.39 is 0 Å². The molecule has 0 atom stereocenters. The van der Waals surface area contributed by atoms with Crippen molar-refractivity contribution in [1.82, 2.24) is 14.4 Å². The van der Waals surface area contributed by atoms with Gasteiger partial charge in [-0.25, -0.2) is 4.79 Å². The van der Waals surface area contributed by atoms with Crippen LogP contribution < -0.4 is 5.32 Å². The first-order valence-corrected chi connectivity index (χ1v) is 10.6. The maximum atomic E-state index is 13.4. The molecule has 0 spiro atoms. The number of anilines is 1. The lowest BCUT2D eigenvalue weighted by atomic mass is 10.2. The monoisotopic (exact) mass is 434 g/mol. The Morgan fingerprint density at radius 3 is 2.22 bits per heavy atom. The Hall–Kier alpha value is -3.58. The van der Waals surface area contributed by atoms with Crippen molar-refractivity contribution in [3.63, 3.8) is 0 Å². The van der Waals surface area contributed by atoms with E-state index in [0.29, 0.717) is 31.9 Å². The third-order valence-electron chi connectivity index (χ3n) is 5.18. The second-order valence-electron chi connectivity index (χ2n) is 7.56. The average Bonchev–Trinajstić information content (AvgIpc) is 3.21. The van der Waals surface area contributed by atoms with Gasteiger partial charge in [0.25, 0.3) is 0 Å². The lowest BCUT2D eigenvalue weighted by Crippen LogP contribution is -2.45. The van der Waals surface area contributed by atoms with Crippen LogP contribution in [0.5, 0.6) is 0 Å². The molecule has 0 fully saturated rings. The van der Waals surface area contributed by atoms with Gasteiger partial charge in [-0.15, -0.1) is 0 Å². The Bertz CT molecular complexity index is 989. The number of ether oxygens (including phenoxy) is 1. The van der Waals surface area contributed by atoms with Gasteiger partial charge in [0.15, 0.2) is 0 Å². The van der Waals surface area contributed by atoms with Gasteiger partial charge in [-0.2, -0.15) is 0 Å². The zero-order valence-electron chi connectivity index (χ0n) is 18.6. The Balaban J connectivity index is 1.75. The molecule has 0 aliphatic heterocycles. The molecule has 0 aliphatic rings. The smallest absolute Gasteiger partial charge is 0.322 e. The second kappa shape index (κ2) is 11.7. The SMILES string of the molecule is COCCN(CC(=O)N(Cc1ccccc1)Cc1cccn1C)C(=O)Nc1ccccc1. The van der Waals surface area contributed by atoms with Crippen molar-refractivity contribution in [2.45, 2.75) is 13.1 Å². The summed E-state index contributed by atoms with van der Waals surface area (Å²) in [5.74, 6) is -0.130. The first-order chi connectivity index (χ1) is 15.6. The van der Waals surface area contributed by atoms with E-state index in [1.165, 1.54) is 4.90 Å². The summed E-state index contributed by atoms with van der Waals surface area (Å²) >= 11 is 0. The number of para-hydroxylation sites is 1. The number of nitrogens with one attached hydrogen (secondary N) is 1. The molecule has 32 heavy (non-hydrogen) atoms. The number of rotatable bonds is 10. The molecular weight excluding hydrogens is 404 g/mol. The van der Waals surface area contributed by atoms with Crippen LogP contribution in [0.2, 0.25) is 0 Å². The number of nitrogens with zero attached hydrogens (tertiary/aromatic N) is 3. The van der Waals surface area contributed by atoms with Crippen molar-refractivity contribution in [3.8, 4) is 0 Å². The van der Waals surface area contributed by atoms with Crippen molar-refractivity contribution >= 4 is 17.6 Å². The molecule has 168 valence electrons. The molecule has 0 bridgehead atoms. The number of hydrogen-bond donors (Lipinski definition) is 1. The molecule has 0 saturated carbocycles. The topological polar surface area (TPSA) is 66.8 Å². The number of hydrogen-bond acceptors (Lipinski definition) is 3. The van der Waals surface area contributed by atoms with Crippen molar-refractivity contribution in [2.75, 3.05) is 32.1 Å². The van der Waals surface area contributed by atoms with Gasteiger partial charge >= 0.3 is 6.03 Å². The Morgan fingerprint density at radius 2 is 1.59 bits per heavy atom. The van der Waals surface area contributed by atoms with Crippen LogP contribution >= 0.6 is 0 Å². The van der Waals surface area contributed by atoms with Gasteiger partial charge in [-0.05, 0) is 29.8 Å². The van der Waals surface area contributed by atoms with Gasteiger partial charge in [0.1, 0.15) is 6.54 Å². The third kappa shape index (κ3) is 6.72. The van der Waals surface area contributed by atoms with E-state index in [1.807, 2.05) is 90.6 Å². The molecule has 1 aromatic heterocycles. The summed E-state index contributed by atoms with van der Waals surface area (Å²) < 4.78 is 7.16. The number of benzene rings is 2.